The third kappa shape index (κ3) is 4.20. The highest BCUT2D eigenvalue weighted by molar-refractivity contribution is 7.09. The van der Waals surface area contributed by atoms with Gasteiger partial charge in [-0.15, -0.1) is 11.3 Å². The molecule has 2 N–H and O–H groups in total. The van der Waals surface area contributed by atoms with Gasteiger partial charge in [-0.2, -0.15) is 0 Å². The van der Waals surface area contributed by atoms with Crippen LogP contribution in [0.2, 0.25) is 0 Å². The van der Waals surface area contributed by atoms with Crippen molar-refractivity contribution in [2.45, 2.75) is 19.4 Å². The number of hydrogen-bond acceptors (Lipinski definition) is 5. The van der Waals surface area contributed by atoms with E-state index in [1.54, 1.807) is 17.4 Å². The maximum atomic E-state index is 11.8. The number of hydrogen-bond donors (Lipinski definition) is 2. The Bertz CT molecular complexity index is 559. The molecule has 0 aliphatic rings. The van der Waals surface area contributed by atoms with Crippen LogP contribution in [0.4, 0.5) is 10.6 Å². The molecule has 6 nitrogen and oxygen atoms in total. The summed E-state index contributed by atoms with van der Waals surface area (Å²) >= 11 is 1.68. The van der Waals surface area contributed by atoms with Crippen LogP contribution in [0.1, 0.15) is 11.8 Å². The van der Waals surface area contributed by atoms with E-state index < -0.39 is 0 Å². The van der Waals surface area contributed by atoms with Crippen LogP contribution in [0.3, 0.4) is 0 Å². The molecule has 0 aliphatic heterocycles. The van der Waals surface area contributed by atoms with Crippen molar-refractivity contribution in [1.29, 1.82) is 0 Å². The minimum absolute atomic E-state index is 0.0392. The molecule has 0 saturated carbocycles. The minimum Gasteiger partial charge on any atom is -0.481 e. The molecule has 2 heterocycles. The number of nitrogens with zero attached hydrogens (tertiary/aromatic N) is 2. The Hall–Kier alpha value is -2.15. The molecule has 0 bridgehead atoms. The molecule has 0 fully saturated rings. The second-order valence-corrected chi connectivity index (χ2v) is 5.26. The summed E-state index contributed by atoms with van der Waals surface area (Å²) in [6.07, 6.45) is 2.14. The highest BCUT2D eigenvalue weighted by Gasteiger charge is 2.09. The molecule has 0 radical (unpaired) electrons. The van der Waals surface area contributed by atoms with Crippen LogP contribution in [0.15, 0.2) is 29.9 Å². The maximum absolute atomic E-state index is 11.8. The van der Waals surface area contributed by atoms with E-state index in [0.717, 1.165) is 6.42 Å². The van der Waals surface area contributed by atoms with Crippen LogP contribution in [0, 0.1) is 0 Å². The number of carbonyl (C=O) groups excluding carboxylic acids is 1. The molecule has 20 heavy (non-hydrogen) atoms. The van der Waals surface area contributed by atoms with Crippen molar-refractivity contribution < 1.29 is 9.53 Å². The number of carbonyl (C=O) groups is 1. The van der Waals surface area contributed by atoms with Gasteiger partial charge >= 0.3 is 6.03 Å². The number of amides is 2. The number of anilines is 1. The molecule has 0 spiro atoms. The van der Waals surface area contributed by atoms with Gasteiger partial charge in [0.2, 0.25) is 5.88 Å². The summed E-state index contributed by atoms with van der Waals surface area (Å²) < 4.78 is 4.97. The van der Waals surface area contributed by atoms with Gasteiger partial charge < -0.3 is 10.1 Å². The first-order chi connectivity index (χ1) is 9.67. The lowest BCUT2D eigenvalue weighted by molar-refractivity contribution is 0.249. The van der Waals surface area contributed by atoms with Crippen molar-refractivity contribution in [1.82, 2.24) is 15.3 Å². The molecular formula is C13H16N4O2S. The zero-order valence-electron chi connectivity index (χ0n) is 11.3. The number of urea groups is 1. The molecule has 1 atom stereocenters. The van der Waals surface area contributed by atoms with Gasteiger partial charge in [0, 0.05) is 23.4 Å². The average Bonchev–Trinajstić information content (AvgIpc) is 2.91. The quantitative estimate of drug-likeness (QED) is 0.886. The fourth-order valence-corrected chi connectivity index (χ4v) is 2.51. The number of rotatable bonds is 5. The Morgan fingerprint density at radius 3 is 3.05 bits per heavy atom. The topological polar surface area (TPSA) is 76.1 Å². The Morgan fingerprint density at radius 1 is 1.50 bits per heavy atom. The lowest BCUT2D eigenvalue weighted by Crippen LogP contribution is -2.37. The van der Waals surface area contributed by atoms with Crippen LogP contribution < -0.4 is 15.4 Å². The van der Waals surface area contributed by atoms with E-state index in [0.29, 0.717) is 11.7 Å². The number of ether oxygens (including phenoxy) is 1. The van der Waals surface area contributed by atoms with E-state index in [2.05, 4.69) is 26.7 Å². The first-order valence-corrected chi connectivity index (χ1v) is 7.01. The van der Waals surface area contributed by atoms with Crippen LogP contribution in [0.5, 0.6) is 5.88 Å². The minimum atomic E-state index is -0.296. The first kappa shape index (κ1) is 14.3. The first-order valence-electron chi connectivity index (χ1n) is 6.13. The van der Waals surface area contributed by atoms with E-state index in [4.69, 9.17) is 4.74 Å². The van der Waals surface area contributed by atoms with Crippen LogP contribution in [0.25, 0.3) is 0 Å². The smallest absolute Gasteiger partial charge is 0.320 e. The van der Waals surface area contributed by atoms with Crippen molar-refractivity contribution in [3.8, 4) is 5.88 Å². The molecule has 106 valence electrons. The molecular weight excluding hydrogens is 276 g/mol. The standard InChI is InChI=1S/C13H16N4O2S/c1-9(6-10-4-3-5-20-10)16-13(18)17-11-7-12(19-2)15-8-14-11/h3-5,7-9H,6H2,1-2H3,(H2,14,15,16,17,18)/t9-/m0/s1. The van der Waals surface area contributed by atoms with Crippen molar-refractivity contribution in [2.24, 2.45) is 0 Å². The zero-order chi connectivity index (χ0) is 14.4. The Kier molecular flexibility index (Phi) is 4.89. The highest BCUT2D eigenvalue weighted by Crippen LogP contribution is 2.12. The Balaban J connectivity index is 1.85. The van der Waals surface area contributed by atoms with E-state index >= 15 is 0 Å². The molecule has 7 heteroatoms. The van der Waals surface area contributed by atoms with Gasteiger partial charge in [0.25, 0.3) is 0 Å². The second-order valence-electron chi connectivity index (χ2n) is 4.23. The number of aromatic nitrogens is 2. The SMILES string of the molecule is COc1cc(NC(=O)N[C@@H](C)Cc2cccs2)ncn1. The molecule has 0 aromatic carbocycles. The van der Waals surface area contributed by atoms with Gasteiger partial charge in [-0.3, -0.25) is 5.32 Å². The Labute approximate surface area is 121 Å². The Morgan fingerprint density at radius 2 is 2.35 bits per heavy atom. The van der Waals surface area contributed by atoms with Gasteiger partial charge in [0.05, 0.1) is 7.11 Å². The van der Waals surface area contributed by atoms with Gasteiger partial charge in [0.1, 0.15) is 12.1 Å². The second kappa shape index (κ2) is 6.85. The summed E-state index contributed by atoms with van der Waals surface area (Å²) in [6, 6.07) is 5.35. The van der Waals surface area contributed by atoms with Gasteiger partial charge in [-0.25, -0.2) is 14.8 Å². The van der Waals surface area contributed by atoms with Crippen molar-refractivity contribution in [3.05, 3.63) is 34.8 Å². The largest absolute Gasteiger partial charge is 0.481 e. The monoisotopic (exact) mass is 292 g/mol. The summed E-state index contributed by atoms with van der Waals surface area (Å²) in [5.74, 6) is 0.805. The number of thiophene rings is 1. The van der Waals surface area contributed by atoms with E-state index in [1.807, 2.05) is 18.4 Å². The lowest BCUT2D eigenvalue weighted by Gasteiger charge is -2.13. The summed E-state index contributed by atoms with van der Waals surface area (Å²) in [5, 5.41) is 7.53. The predicted molar refractivity (Wildman–Crippen MR) is 78.2 cm³/mol. The summed E-state index contributed by atoms with van der Waals surface area (Å²) in [7, 11) is 1.51. The summed E-state index contributed by atoms with van der Waals surface area (Å²) in [5.41, 5.74) is 0. The molecule has 2 amide bonds. The van der Waals surface area contributed by atoms with E-state index in [-0.39, 0.29) is 12.1 Å². The van der Waals surface area contributed by atoms with Gasteiger partial charge in [-0.1, -0.05) is 6.07 Å². The number of methoxy groups -OCH3 is 1. The van der Waals surface area contributed by atoms with Crippen molar-refractivity contribution in [2.75, 3.05) is 12.4 Å². The molecule has 2 aromatic heterocycles. The summed E-state index contributed by atoms with van der Waals surface area (Å²) in [4.78, 5) is 20.9. The molecule has 2 rings (SSSR count). The molecule has 2 aromatic rings. The molecule has 0 aliphatic carbocycles. The van der Waals surface area contributed by atoms with Crippen LogP contribution in [-0.2, 0) is 6.42 Å². The van der Waals surface area contributed by atoms with E-state index in [9.17, 15) is 4.79 Å². The van der Waals surface area contributed by atoms with Crippen molar-refractivity contribution in [3.63, 3.8) is 0 Å². The van der Waals surface area contributed by atoms with Crippen molar-refractivity contribution >= 4 is 23.2 Å². The fourth-order valence-electron chi connectivity index (χ4n) is 1.68. The van der Waals surface area contributed by atoms with E-state index in [1.165, 1.54) is 18.3 Å². The fraction of sp³-hybridized carbons (Fsp3) is 0.308. The normalized spacial score (nSPS) is 11.7. The summed E-state index contributed by atoms with van der Waals surface area (Å²) in [6.45, 7) is 1.96. The lowest BCUT2D eigenvalue weighted by atomic mass is 10.2. The van der Waals surface area contributed by atoms with Crippen LogP contribution in [-0.4, -0.2) is 29.2 Å². The molecule has 0 saturated heterocycles. The molecule has 0 unspecified atom stereocenters. The third-order valence-electron chi connectivity index (χ3n) is 2.56. The van der Waals surface area contributed by atoms with Crippen LogP contribution >= 0.6 is 11.3 Å². The zero-order valence-corrected chi connectivity index (χ0v) is 12.1. The van der Waals surface area contributed by atoms with Gasteiger partial charge in [-0.05, 0) is 18.4 Å². The predicted octanol–water partition coefficient (Wildman–Crippen LogP) is 2.30. The number of nitrogens with one attached hydrogen (secondary N) is 2. The third-order valence-corrected chi connectivity index (χ3v) is 3.46. The highest BCUT2D eigenvalue weighted by atomic mass is 32.1. The average molecular weight is 292 g/mol. The van der Waals surface area contributed by atoms with Gasteiger partial charge in [0.15, 0.2) is 0 Å². The maximum Gasteiger partial charge on any atom is 0.320 e.